The van der Waals surface area contributed by atoms with E-state index >= 15 is 0 Å². The van der Waals surface area contributed by atoms with Crippen LogP contribution in [0.25, 0.3) is 5.57 Å². The maximum atomic E-state index is 4.05. The maximum absolute atomic E-state index is 4.05. The van der Waals surface area contributed by atoms with E-state index in [1.165, 1.54) is 28.0 Å². The van der Waals surface area contributed by atoms with Gasteiger partial charge in [0.25, 0.3) is 0 Å². The molecular weight excluding hydrogens is 334 g/mol. The van der Waals surface area contributed by atoms with Crippen LogP contribution in [0.4, 0.5) is 0 Å². The summed E-state index contributed by atoms with van der Waals surface area (Å²) in [6.07, 6.45) is 15.3. The molecule has 0 fully saturated rings. The molecule has 0 radical (unpaired) electrons. The van der Waals surface area contributed by atoms with E-state index in [2.05, 4.69) is 87.0 Å². The van der Waals surface area contributed by atoms with Crippen LogP contribution in [0, 0.1) is 0 Å². The molecule has 0 bridgehead atoms. The lowest BCUT2D eigenvalue weighted by Crippen LogP contribution is -1.88. The topological polar surface area (TPSA) is 12.9 Å². The van der Waals surface area contributed by atoms with Gasteiger partial charge in [0.1, 0.15) is 0 Å². The quantitative estimate of drug-likeness (QED) is 0.275. The van der Waals surface area contributed by atoms with Crippen molar-refractivity contribution in [3.8, 4) is 0 Å². The van der Waals surface area contributed by atoms with Crippen LogP contribution in [-0.4, -0.2) is 10.7 Å². The average Bonchev–Trinajstić information content (AvgIpc) is 2.68. The molecule has 0 aliphatic heterocycles. The van der Waals surface area contributed by atoms with E-state index in [1.54, 1.807) is 0 Å². The fourth-order valence-corrected chi connectivity index (χ4v) is 3.13. The molecule has 0 aliphatic carbocycles. The summed E-state index contributed by atoms with van der Waals surface area (Å²) in [5, 5.41) is 0. The summed E-state index contributed by atoms with van der Waals surface area (Å²) in [5.74, 6) is 1.08. The molecule has 2 rings (SSSR count). The van der Waals surface area contributed by atoms with Gasteiger partial charge in [-0.15, -0.1) is 18.3 Å². The van der Waals surface area contributed by atoms with Crippen molar-refractivity contribution in [1.82, 2.24) is 4.98 Å². The zero-order valence-corrected chi connectivity index (χ0v) is 17.1. The lowest BCUT2D eigenvalue weighted by molar-refractivity contribution is 1.09. The number of aromatic nitrogens is 1. The Morgan fingerprint density at radius 3 is 2.31 bits per heavy atom. The molecule has 2 aromatic rings. The van der Waals surface area contributed by atoms with Gasteiger partial charge in [-0.25, -0.2) is 0 Å². The van der Waals surface area contributed by atoms with E-state index in [-0.39, 0.29) is 0 Å². The van der Waals surface area contributed by atoms with E-state index in [1.807, 2.05) is 30.2 Å². The minimum atomic E-state index is 0.903. The van der Waals surface area contributed by atoms with Crippen LogP contribution < -0.4 is 0 Å². The molecule has 0 spiro atoms. The molecule has 138 valence electrons. The van der Waals surface area contributed by atoms with E-state index in [4.69, 9.17) is 0 Å². The molecule has 1 aromatic carbocycles. The normalized spacial score (nSPS) is 11.1. The first-order chi connectivity index (χ1) is 12.7. The average molecular weight is 366 g/mol. The summed E-state index contributed by atoms with van der Waals surface area (Å²) in [7, 11) is 0. The molecule has 1 aromatic heterocycles. The Labute approximate surface area is 164 Å². The summed E-state index contributed by atoms with van der Waals surface area (Å²) in [5.41, 5.74) is 3.85. The minimum absolute atomic E-state index is 0.903. The second kappa shape index (κ2) is 14.1. The van der Waals surface area contributed by atoms with Crippen molar-refractivity contribution in [3.05, 3.63) is 90.8 Å². The number of aryl methyl sites for hydroxylation is 1. The van der Waals surface area contributed by atoms with Crippen molar-refractivity contribution in [3.63, 3.8) is 0 Å². The van der Waals surface area contributed by atoms with Gasteiger partial charge >= 0.3 is 0 Å². The number of benzene rings is 1. The van der Waals surface area contributed by atoms with Crippen molar-refractivity contribution in [2.75, 3.05) is 5.75 Å². The highest BCUT2D eigenvalue weighted by atomic mass is 32.2. The molecular formula is C24H31NS. The Morgan fingerprint density at radius 1 is 1.08 bits per heavy atom. The van der Waals surface area contributed by atoms with Crippen LogP contribution in [0.15, 0.2) is 84.6 Å². The molecule has 0 saturated carbocycles. The Morgan fingerprint density at radius 2 is 1.73 bits per heavy atom. The lowest BCUT2D eigenvalue weighted by Gasteiger charge is -2.05. The number of nitrogens with zero attached hydrogens (tertiary/aromatic N) is 1. The molecule has 0 N–H and O–H groups in total. The third-order valence-electron chi connectivity index (χ3n) is 3.51. The SMILES string of the molecule is C=CC/C=C\C(=C/C)c1ccc(SCCc2ccncc2)cc1.CCC. The van der Waals surface area contributed by atoms with E-state index < -0.39 is 0 Å². The largest absolute Gasteiger partial charge is 0.265 e. The smallest absolute Gasteiger partial charge is 0.0270 e. The zero-order valence-electron chi connectivity index (χ0n) is 16.3. The van der Waals surface area contributed by atoms with Crippen molar-refractivity contribution < 1.29 is 0 Å². The number of rotatable bonds is 8. The van der Waals surface area contributed by atoms with Gasteiger partial charge in [0.05, 0.1) is 0 Å². The molecule has 1 nitrogen and oxygen atoms in total. The first kappa shape index (κ1) is 22.0. The standard InChI is InChI=1S/C21H23NS.C3H8/c1-3-5-6-7-19(4-2)20-8-10-21(11-9-20)23-17-14-18-12-15-22-16-13-18;1-3-2/h3-4,6-13,15-16H,1,5,14,17H2,2H3;3H2,1-2H3/b7-6-,19-4+;. The van der Waals surface area contributed by atoms with Gasteiger partial charge in [0.15, 0.2) is 0 Å². The number of hydrogen-bond donors (Lipinski definition) is 0. The second-order valence-electron chi connectivity index (χ2n) is 5.86. The molecule has 0 aliphatic rings. The van der Waals surface area contributed by atoms with Crippen molar-refractivity contribution >= 4 is 17.3 Å². The van der Waals surface area contributed by atoms with Gasteiger partial charge in [-0.1, -0.05) is 56.7 Å². The summed E-state index contributed by atoms with van der Waals surface area (Å²) in [4.78, 5) is 5.36. The highest BCUT2D eigenvalue weighted by Gasteiger charge is 1.99. The number of pyridine rings is 1. The third kappa shape index (κ3) is 8.87. The van der Waals surface area contributed by atoms with E-state index in [0.29, 0.717) is 0 Å². The predicted molar refractivity (Wildman–Crippen MR) is 119 cm³/mol. The van der Waals surface area contributed by atoms with Gasteiger partial charge < -0.3 is 0 Å². The van der Waals surface area contributed by atoms with Crippen LogP contribution >= 0.6 is 11.8 Å². The minimum Gasteiger partial charge on any atom is -0.265 e. The molecule has 26 heavy (non-hydrogen) atoms. The van der Waals surface area contributed by atoms with Crippen LogP contribution in [-0.2, 0) is 6.42 Å². The lowest BCUT2D eigenvalue weighted by atomic mass is 10.1. The van der Waals surface area contributed by atoms with Gasteiger partial charge in [-0.05, 0) is 60.7 Å². The fourth-order valence-electron chi connectivity index (χ4n) is 2.23. The zero-order chi connectivity index (χ0) is 19.0. The molecule has 0 amide bonds. The first-order valence-corrected chi connectivity index (χ1v) is 10.3. The maximum Gasteiger partial charge on any atom is 0.0270 e. The summed E-state index contributed by atoms with van der Waals surface area (Å²) in [6.45, 7) is 10.1. The van der Waals surface area contributed by atoms with Gasteiger partial charge in [0, 0.05) is 23.0 Å². The third-order valence-corrected chi connectivity index (χ3v) is 4.52. The molecule has 0 saturated heterocycles. The van der Waals surface area contributed by atoms with Gasteiger partial charge in [-0.3, -0.25) is 4.98 Å². The number of hydrogen-bond acceptors (Lipinski definition) is 2. The molecule has 0 unspecified atom stereocenters. The molecule has 0 atom stereocenters. The number of allylic oxidation sites excluding steroid dienone is 5. The van der Waals surface area contributed by atoms with Crippen LogP contribution in [0.1, 0.15) is 44.7 Å². The van der Waals surface area contributed by atoms with E-state index in [9.17, 15) is 0 Å². The van der Waals surface area contributed by atoms with Gasteiger partial charge in [-0.2, -0.15) is 0 Å². The van der Waals surface area contributed by atoms with Crippen LogP contribution in [0.2, 0.25) is 0 Å². The molecule has 2 heteroatoms. The molecule has 1 heterocycles. The summed E-state index contributed by atoms with van der Waals surface area (Å²) in [6, 6.07) is 13.0. The first-order valence-electron chi connectivity index (χ1n) is 9.31. The monoisotopic (exact) mass is 365 g/mol. The van der Waals surface area contributed by atoms with E-state index in [0.717, 1.165) is 18.6 Å². The second-order valence-corrected chi connectivity index (χ2v) is 7.02. The van der Waals surface area contributed by atoms with Gasteiger partial charge in [0.2, 0.25) is 0 Å². The highest BCUT2D eigenvalue weighted by Crippen LogP contribution is 2.23. The predicted octanol–water partition coefficient (Wildman–Crippen LogP) is 7.37. The van der Waals surface area contributed by atoms with Crippen molar-refractivity contribution in [2.24, 2.45) is 0 Å². The van der Waals surface area contributed by atoms with Crippen LogP contribution in [0.3, 0.4) is 0 Å². The Bertz CT molecular complexity index is 669. The Balaban J connectivity index is 0.00000105. The number of thioether (sulfide) groups is 1. The fraction of sp³-hybridized carbons (Fsp3) is 0.292. The summed E-state index contributed by atoms with van der Waals surface area (Å²) < 4.78 is 0. The Hall–Kier alpha value is -2.06. The summed E-state index contributed by atoms with van der Waals surface area (Å²) >= 11 is 1.89. The van der Waals surface area contributed by atoms with Crippen molar-refractivity contribution in [1.29, 1.82) is 0 Å². The Kier molecular flexibility index (Phi) is 12.0. The van der Waals surface area contributed by atoms with Crippen LogP contribution in [0.5, 0.6) is 0 Å². The van der Waals surface area contributed by atoms with Crippen molar-refractivity contribution in [2.45, 2.75) is 44.9 Å². The highest BCUT2D eigenvalue weighted by molar-refractivity contribution is 7.99.